The average Bonchev–Trinajstić information content (AvgIpc) is 2.47. The third kappa shape index (κ3) is 3.44. The van der Waals surface area contributed by atoms with Crippen LogP contribution in [0.3, 0.4) is 0 Å². The van der Waals surface area contributed by atoms with Crippen molar-refractivity contribution in [3.8, 4) is 5.75 Å². The van der Waals surface area contributed by atoms with Gasteiger partial charge in [-0.3, -0.25) is 9.59 Å². The van der Waals surface area contributed by atoms with Gasteiger partial charge in [-0.05, 0) is 62.4 Å². The number of ketones is 1. The van der Waals surface area contributed by atoms with Crippen molar-refractivity contribution in [1.82, 2.24) is 0 Å². The van der Waals surface area contributed by atoms with Crippen LogP contribution in [-0.2, 0) is 4.79 Å². The van der Waals surface area contributed by atoms with Gasteiger partial charge >= 0.3 is 0 Å². The largest absolute Gasteiger partial charge is 0.478 e. The van der Waals surface area contributed by atoms with Gasteiger partial charge in [-0.1, -0.05) is 0 Å². The van der Waals surface area contributed by atoms with E-state index in [1.54, 1.807) is 62.4 Å². The summed E-state index contributed by atoms with van der Waals surface area (Å²) in [6.45, 7) is 3.17. The molecule has 4 N–H and O–H groups in total. The number of benzene rings is 2. The zero-order valence-electron chi connectivity index (χ0n) is 12.5. The molecule has 0 spiro atoms. The summed E-state index contributed by atoms with van der Waals surface area (Å²) in [6.07, 6.45) is 0. The van der Waals surface area contributed by atoms with Crippen molar-refractivity contribution in [2.45, 2.75) is 19.4 Å². The molecule has 0 radical (unpaired) electrons. The summed E-state index contributed by atoms with van der Waals surface area (Å²) >= 11 is 0. The van der Waals surface area contributed by atoms with E-state index in [2.05, 4.69) is 0 Å². The third-order valence-electron chi connectivity index (χ3n) is 3.26. The normalized spacial score (nSPS) is 11.0. The van der Waals surface area contributed by atoms with Gasteiger partial charge in [0.25, 0.3) is 5.91 Å². The molecule has 0 bridgehead atoms. The Kier molecular flexibility index (Phi) is 4.17. The van der Waals surface area contributed by atoms with Crippen molar-refractivity contribution >= 4 is 17.4 Å². The molecule has 2 aromatic carbocycles. The summed E-state index contributed by atoms with van der Waals surface area (Å²) in [5, 5.41) is 0. The Morgan fingerprint density at radius 1 is 0.909 bits per heavy atom. The Labute approximate surface area is 128 Å². The summed E-state index contributed by atoms with van der Waals surface area (Å²) in [7, 11) is 0. The first-order valence-corrected chi connectivity index (χ1v) is 6.79. The highest BCUT2D eigenvalue weighted by atomic mass is 16.5. The lowest BCUT2D eigenvalue weighted by atomic mass is 10.0. The van der Waals surface area contributed by atoms with Crippen LogP contribution in [0.4, 0.5) is 5.69 Å². The number of ether oxygens (including phenoxy) is 1. The minimum atomic E-state index is -1.11. The lowest BCUT2D eigenvalue weighted by molar-refractivity contribution is -0.130. The highest BCUT2D eigenvalue weighted by molar-refractivity contribution is 6.09. The van der Waals surface area contributed by atoms with Crippen LogP contribution in [-0.4, -0.2) is 17.3 Å². The van der Waals surface area contributed by atoms with Crippen molar-refractivity contribution in [3.63, 3.8) is 0 Å². The maximum absolute atomic E-state index is 12.3. The van der Waals surface area contributed by atoms with E-state index in [0.29, 0.717) is 22.6 Å². The number of amides is 1. The van der Waals surface area contributed by atoms with Gasteiger partial charge in [0.1, 0.15) is 5.75 Å². The van der Waals surface area contributed by atoms with E-state index in [4.69, 9.17) is 16.2 Å². The molecule has 0 saturated heterocycles. The number of rotatable bonds is 5. The second-order valence-corrected chi connectivity index (χ2v) is 5.45. The predicted octanol–water partition coefficient (Wildman–Crippen LogP) is 2.14. The molecule has 0 saturated carbocycles. The molecule has 114 valence electrons. The van der Waals surface area contributed by atoms with E-state index in [9.17, 15) is 9.59 Å². The molecule has 1 amide bonds. The molecule has 5 nitrogen and oxygen atoms in total. The van der Waals surface area contributed by atoms with Crippen molar-refractivity contribution in [2.24, 2.45) is 5.73 Å². The first kappa shape index (κ1) is 15.6. The molecule has 0 heterocycles. The maximum atomic E-state index is 12.3. The summed E-state index contributed by atoms with van der Waals surface area (Å²) in [5.74, 6) is -0.201. The van der Waals surface area contributed by atoms with Crippen LogP contribution in [0, 0.1) is 0 Å². The van der Waals surface area contributed by atoms with E-state index in [-0.39, 0.29) is 5.78 Å². The predicted molar refractivity (Wildman–Crippen MR) is 84.6 cm³/mol. The van der Waals surface area contributed by atoms with Gasteiger partial charge in [0.05, 0.1) is 0 Å². The van der Waals surface area contributed by atoms with Gasteiger partial charge in [0.15, 0.2) is 11.4 Å². The van der Waals surface area contributed by atoms with Crippen LogP contribution in [0.5, 0.6) is 5.75 Å². The minimum Gasteiger partial charge on any atom is -0.478 e. The topological polar surface area (TPSA) is 95.4 Å². The van der Waals surface area contributed by atoms with E-state index >= 15 is 0 Å². The van der Waals surface area contributed by atoms with Crippen LogP contribution < -0.4 is 16.2 Å². The summed E-state index contributed by atoms with van der Waals surface area (Å²) in [5.41, 5.74) is 11.4. The van der Waals surface area contributed by atoms with Crippen molar-refractivity contribution < 1.29 is 14.3 Å². The molecule has 0 aliphatic carbocycles. The molecule has 5 heteroatoms. The van der Waals surface area contributed by atoms with E-state index in [1.807, 2.05) is 0 Å². The number of nitrogens with two attached hydrogens (primary N) is 2. The minimum absolute atomic E-state index is 0.110. The molecule has 2 rings (SSSR count). The van der Waals surface area contributed by atoms with Crippen molar-refractivity contribution in [2.75, 3.05) is 5.73 Å². The fourth-order valence-electron chi connectivity index (χ4n) is 1.82. The molecule has 2 aromatic rings. The Balaban J connectivity index is 2.16. The third-order valence-corrected chi connectivity index (χ3v) is 3.26. The molecular formula is C17H18N2O3. The van der Waals surface area contributed by atoms with Crippen molar-refractivity contribution in [3.05, 3.63) is 59.7 Å². The highest BCUT2D eigenvalue weighted by Gasteiger charge is 2.27. The number of hydrogen-bond donors (Lipinski definition) is 2. The lowest BCUT2D eigenvalue weighted by Crippen LogP contribution is -2.43. The Hall–Kier alpha value is -2.82. The molecule has 0 aromatic heterocycles. The van der Waals surface area contributed by atoms with Crippen LogP contribution in [0.1, 0.15) is 29.8 Å². The maximum Gasteiger partial charge on any atom is 0.261 e. The number of anilines is 1. The second kappa shape index (κ2) is 5.89. The summed E-state index contributed by atoms with van der Waals surface area (Å²) < 4.78 is 5.52. The number of carbonyl (C=O) groups excluding carboxylic acids is 2. The zero-order valence-corrected chi connectivity index (χ0v) is 12.5. The SMILES string of the molecule is CC(C)(Oc1ccc(C(=O)c2ccc(N)cc2)cc1)C(N)=O. The summed E-state index contributed by atoms with van der Waals surface area (Å²) in [6, 6.07) is 13.3. The molecule has 0 aliphatic rings. The quantitative estimate of drug-likeness (QED) is 0.653. The van der Waals surface area contributed by atoms with E-state index < -0.39 is 11.5 Å². The van der Waals surface area contributed by atoms with Crippen LogP contribution >= 0.6 is 0 Å². The number of nitrogen functional groups attached to an aromatic ring is 1. The molecule has 0 atom stereocenters. The molecule has 0 aliphatic heterocycles. The van der Waals surface area contributed by atoms with Gasteiger partial charge in [-0.2, -0.15) is 0 Å². The second-order valence-electron chi connectivity index (χ2n) is 5.45. The lowest BCUT2D eigenvalue weighted by Gasteiger charge is -2.22. The van der Waals surface area contributed by atoms with Crippen molar-refractivity contribution in [1.29, 1.82) is 0 Å². The van der Waals surface area contributed by atoms with Gasteiger partial charge < -0.3 is 16.2 Å². The highest BCUT2D eigenvalue weighted by Crippen LogP contribution is 2.20. The fraction of sp³-hybridized carbons (Fsp3) is 0.176. The number of carbonyl (C=O) groups is 2. The smallest absolute Gasteiger partial charge is 0.261 e. The Morgan fingerprint density at radius 2 is 1.36 bits per heavy atom. The average molecular weight is 298 g/mol. The van der Waals surface area contributed by atoms with Gasteiger partial charge in [0, 0.05) is 16.8 Å². The monoisotopic (exact) mass is 298 g/mol. The molecule has 0 fully saturated rings. The van der Waals surface area contributed by atoms with E-state index in [1.165, 1.54) is 0 Å². The molecule has 0 unspecified atom stereocenters. The first-order valence-electron chi connectivity index (χ1n) is 6.79. The first-order chi connectivity index (χ1) is 10.3. The zero-order chi connectivity index (χ0) is 16.3. The Morgan fingerprint density at radius 3 is 1.82 bits per heavy atom. The fourth-order valence-corrected chi connectivity index (χ4v) is 1.82. The van der Waals surface area contributed by atoms with Crippen LogP contribution in [0.2, 0.25) is 0 Å². The van der Waals surface area contributed by atoms with Gasteiger partial charge in [-0.15, -0.1) is 0 Å². The van der Waals surface area contributed by atoms with Crippen LogP contribution in [0.25, 0.3) is 0 Å². The summed E-state index contributed by atoms with van der Waals surface area (Å²) in [4.78, 5) is 23.6. The standard InChI is InChI=1S/C17H18N2O3/c1-17(2,16(19)21)22-14-9-5-12(6-10-14)15(20)11-3-7-13(18)8-4-11/h3-10H,18H2,1-2H3,(H2,19,21). The molecular weight excluding hydrogens is 280 g/mol. The number of hydrogen-bond acceptors (Lipinski definition) is 4. The van der Waals surface area contributed by atoms with Crippen LogP contribution in [0.15, 0.2) is 48.5 Å². The number of primary amides is 1. The van der Waals surface area contributed by atoms with E-state index in [0.717, 1.165) is 0 Å². The Bertz CT molecular complexity index is 689. The van der Waals surface area contributed by atoms with Gasteiger partial charge in [0.2, 0.25) is 0 Å². The molecule has 22 heavy (non-hydrogen) atoms. The van der Waals surface area contributed by atoms with Gasteiger partial charge in [-0.25, -0.2) is 0 Å².